The third kappa shape index (κ3) is 5.09. The Bertz CT molecular complexity index is 313. The molecule has 0 aliphatic rings. The van der Waals surface area contributed by atoms with Crippen LogP contribution in [0.5, 0.6) is 0 Å². The predicted octanol–water partition coefficient (Wildman–Crippen LogP) is 2.79. The van der Waals surface area contributed by atoms with E-state index in [2.05, 4.69) is 18.3 Å². The van der Waals surface area contributed by atoms with Gasteiger partial charge in [-0.05, 0) is 49.4 Å². The van der Waals surface area contributed by atoms with Crippen molar-refractivity contribution in [2.75, 3.05) is 24.2 Å². The van der Waals surface area contributed by atoms with E-state index in [0.717, 1.165) is 37.2 Å². The van der Waals surface area contributed by atoms with Crippen LogP contribution in [0.4, 0.5) is 11.4 Å². The lowest BCUT2D eigenvalue weighted by atomic mass is 10.00. The van der Waals surface area contributed by atoms with Crippen LogP contribution in [0.25, 0.3) is 0 Å². The first-order chi connectivity index (χ1) is 8.15. The largest absolute Gasteiger partial charge is 0.399 e. The maximum atomic E-state index is 9.00. The zero-order chi connectivity index (χ0) is 12.7. The molecule has 0 aliphatic carbocycles. The summed E-state index contributed by atoms with van der Waals surface area (Å²) in [6.45, 7) is 5.38. The number of benzene rings is 1. The summed E-state index contributed by atoms with van der Waals surface area (Å²) in [4.78, 5) is 0. The highest BCUT2D eigenvalue weighted by atomic mass is 16.3. The Morgan fingerprint density at radius 2 is 2.06 bits per heavy atom. The van der Waals surface area contributed by atoms with Gasteiger partial charge in [0.25, 0.3) is 0 Å². The monoisotopic (exact) mass is 236 g/mol. The highest BCUT2D eigenvalue weighted by Gasteiger charge is 2.07. The Morgan fingerprint density at radius 1 is 1.29 bits per heavy atom. The SMILES string of the molecule is CCCC(CCO)CNc1cc(C)cc(N)c1. The molecular weight excluding hydrogens is 212 g/mol. The lowest BCUT2D eigenvalue weighted by Crippen LogP contribution is -2.15. The molecule has 0 aromatic heterocycles. The minimum absolute atomic E-state index is 0.266. The van der Waals surface area contributed by atoms with Crippen molar-refractivity contribution in [3.05, 3.63) is 23.8 Å². The van der Waals surface area contributed by atoms with Gasteiger partial charge in [-0.3, -0.25) is 0 Å². The fourth-order valence-corrected chi connectivity index (χ4v) is 2.12. The minimum atomic E-state index is 0.266. The molecule has 0 aliphatic heterocycles. The van der Waals surface area contributed by atoms with Crippen LogP contribution in [0.15, 0.2) is 18.2 Å². The van der Waals surface area contributed by atoms with Crippen molar-refractivity contribution < 1.29 is 5.11 Å². The first kappa shape index (κ1) is 13.8. The summed E-state index contributed by atoms with van der Waals surface area (Å²) in [6.07, 6.45) is 3.17. The van der Waals surface area contributed by atoms with Gasteiger partial charge in [-0.15, -0.1) is 0 Å². The fourth-order valence-electron chi connectivity index (χ4n) is 2.12. The number of rotatable bonds is 7. The van der Waals surface area contributed by atoms with Gasteiger partial charge in [-0.1, -0.05) is 13.3 Å². The number of anilines is 2. The van der Waals surface area contributed by atoms with Crippen LogP contribution >= 0.6 is 0 Å². The third-order valence-electron chi connectivity index (χ3n) is 2.93. The second-order valence-electron chi connectivity index (χ2n) is 4.68. The quantitative estimate of drug-likeness (QED) is 0.638. The van der Waals surface area contributed by atoms with Crippen molar-refractivity contribution in [3.8, 4) is 0 Å². The Balaban J connectivity index is 2.52. The number of nitrogens with two attached hydrogens (primary N) is 1. The normalized spacial score (nSPS) is 12.4. The molecule has 0 heterocycles. The van der Waals surface area contributed by atoms with E-state index in [9.17, 15) is 0 Å². The van der Waals surface area contributed by atoms with Crippen molar-refractivity contribution in [2.24, 2.45) is 5.92 Å². The molecule has 0 fully saturated rings. The molecule has 0 spiro atoms. The van der Waals surface area contributed by atoms with Crippen molar-refractivity contribution in [1.82, 2.24) is 0 Å². The molecule has 96 valence electrons. The maximum Gasteiger partial charge on any atom is 0.0434 e. The van der Waals surface area contributed by atoms with Gasteiger partial charge in [-0.25, -0.2) is 0 Å². The number of hydrogen-bond donors (Lipinski definition) is 3. The number of aliphatic hydroxyl groups excluding tert-OH is 1. The second-order valence-corrected chi connectivity index (χ2v) is 4.68. The topological polar surface area (TPSA) is 58.3 Å². The molecule has 17 heavy (non-hydrogen) atoms. The summed E-state index contributed by atoms with van der Waals surface area (Å²) in [5.41, 5.74) is 8.84. The summed E-state index contributed by atoms with van der Waals surface area (Å²) in [5, 5.41) is 12.4. The summed E-state index contributed by atoms with van der Waals surface area (Å²) >= 11 is 0. The lowest BCUT2D eigenvalue weighted by molar-refractivity contribution is 0.255. The Hall–Kier alpha value is -1.22. The van der Waals surface area contributed by atoms with Crippen molar-refractivity contribution in [1.29, 1.82) is 0 Å². The fraction of sp³-hybridized carbons (Fsp3) is 0.571. The smallest absolute Gasteiger partial charge is 0.0434 e. The molecule has 1 atom stereocenters. The van der Waals surface area contributed by atoms with Gasteiger partial charge >= 0.3 is 0 Å². The van der Waals surface area contributed by atoms with Gasteiger partial charge < -0.3 is 16.2 Å². The van der Waals surface area contributed by atoms with Gasteiger partial charge in [0, 0.05) is 24.5 Å². The lowest BCUT2D eigenvalue weighted by Gasteiger charge is -2.17. The van der Waals surface area contributed by atoms with Crippen LogP contribution in [-0.2, 0) is 0 Å². The Kier molecular flexibility index (Phi) is 5.84. The molecule has 1 aromatic carbocycles. The van der Waals surface area contributed by atoms with Gasteiger partial charge in [0.2, 0.25) is 0 Å². The van der Waals surface area contributed by atoms with Crippen LogP contribution < -0.4 is 11.1 Å². The molecule has 4 N–H and O–H groups in total. The zero-order valence-corrected chi connectivity index (χ0v) is 10.9. The van der Waals surface area contributed by atoms with E-state index in [1.165, 1.54) is 5.56 Å². The number of nitrogens with one attached hydrogen (secondary N) is 1. The molecule has 0 bridgehead atoms. The first-order valence-electron chi connectivity index (χ1n) is 6.37. The molecule has 1 rings (SSSR count). The predicted molar refractivity (Wildman–Crippen MR) is 74.2 cm³/mol. The molecule has 0 radical (unpaired) electrons. The van der Waals surface area contributed by atoms with Gasteiger partial charge in [0.1, 0.15) is 0 Å². The molecular formula is C14H24N2O. The van der Waals surface area contributed by atoms with Crippen LogP contribution in [0.2, 0.25) is 0 Å². The number of hydrogen-bond acceptors (Lipinski definition) is 3. The van der Waals surface area contributed by atoms with Crippen molar-refractivity contribution in [2.45, 2.75) is 33.1 Å². The van der Waals surface area contributed by atoms with Crippen molar-refractivity contribution in [3.63, 3.8) is 0 Å². The van der Waals surface area contributed by atoms with Gasteiger partial charge in [-0.2, -0.15) is 0 Å². The molecule has 0 amide bonds. The average molecular weight is 236 g/mol. The maximum absolute atomic E-state index is 9.00. The molecule has 3 heteroatoms. The molecule has 0 saturated carbocycles. The minimum Gasteiger partial charge on any atom is -0.399 e. The first-order valence-corrected chi connectivity index (χ1v) is 6.37. The standard InChI is InChI=1S/C14H24N2O/c1-3-4-12(5-6-17)10-16-14-8-11(2)7-13(15)9-14/h7-9,12,16-17H,3-6,10,15H2,1-2H3. The molecule has 1 aromatic rings. The summed E-state index contributed by atoms with van der Waals surface area (Å²) in [5.74, 6) is 0.534. The average Bonchev–Trinajstić information content (AvgIpc) is 2.25. The van der Waals surface area contributed by atoms with E-state index < -0.39 is 0 Å². The van der Waals surface area contributed by atoms with E-state index in [-0.39, 0.29) is 6.61 Å². The number of aliphatic hydroxyl groups is 1. The zero-order valence-electron chi connectivity index (χ0n) is 10.9. The summed E-state index contributed by atoms with van der Waals surface area (Å²) < 4.78 is 0. The molecule has 0 saturated heterocycles. The number of aryl methyl sites for hydroxylation is 1. The van der Waals surface area contributed by atoms with E-state index >= 15 is 0 Å². The highest BCUT2D eigenvalue weighted by Crippen LogP contribution is 2.18. The van der Waals surface area contributed by atoms with Crippen LogP contribution in [-0.4, -0.2) is 18.3 Å². The Morgan fingerprint density at radius 3 is 2.65 bits per heavy atom. The summed E-state index contributed by atoms with van der Waals surface area (Å²) in [6, 6.07) is 6.01. The summed E-state index contributed by atoms with van der Waals surface area (Å²) in [7, 11) is 0. The van der Waals surface area contributed by atoms with E-state index in [0.29, 0.717) is 5.92 Å². The molecule has 3 nitrogen and oxygen atoms in total. The van der Waals surface area contributed by atoms with Crippen LogP contribution in [0.3, 0.4) is 0 Å². The highest BCUT2D eigenvalue weighted by molar-refractivity contribution is 5.56. The second kappa shape index (κ2) is 7.17. The van der Waals surface area contributed by atoms with Crippen molar-refractivity contribution >= 4 is 11.4 Å². The van der Waals surface area contributed by atoms with E-state index in [4.69, 9.17) is 10.8 Å². The van der Waals surface area contributed by atoms with Gasteiger partial charge in [0.15, 0.2) is 0 Å². The van der Waals surface area contributed by atoms with E-state index in [1.54, 1.807) is 0 Å². The van der Waals surface area contributed by atoms with Gasteiger partial charge in [0.05, 0.1) is 0 Å². The Labute approximate surface area is 104 Å². The third-order valence-corrected chi connectivity index (χ3v) is 2.93. The van der Waals surface area contributed by atoms with Crippen LogP contribution in [0.1, 0.15) is 31.7 Å². The molecule has 1 unspecified atom stereocenters. The van der Waals surface area contributed by atoms with E-state index in [1.807, 2.05) is 19.1 Å². The number of nitrogen functional groups attached to an aromatic ring is 1. The van der Waals surface area contributed by atoms with Crippen LogP contribution in [0, 0.1) is 12.8 Å².